The summed E-state index contributed by atoms with van der Waals surface area (Å²) in [5, 5.41) is 80.5. The third-order valence-corrected chi connectivity index (χ3v) is 27.0. The van der Waals surface area contributed by atoms with E-state index in [-0.39, 0.29) is 70.6 Å². The minimum atomic E-state index is -2.39. The molecule has 4 bridgehead atoms. The van der Waals surface area contributed by atoms with E-state index in [1.165, 1.54) is 52.0 Å². The molecule has 6 aliphatic carbocycles. The number of ether oxygens (including phenoxy) is 10. The van der Waals surface area contributed by atoms with Crippen molar-refractivity contribution in [2.75, 3.05) is 13.2 Å². The van der Waals surface area contributed by atoms with Gasteiger partial charge in [-0.3, -0.25) is 38.4 Å². The number of hydrogen-bond acceptors (Lipinski definition) is 28. The number of carbonyl (C=O) groups is 12. The molecule has 2 amide bonds. The molecule has 8 aliphatic rings. The first-order chi connectivity index (χ1) is 58.5. The number of Topliss-reactive ketones (excluding diaryl/α,β-unsaturated/α-hetero) is 2. The molecule has 2 aliphatic heterocycles. The van der Waals surface area contributed by atoms with Crippen molar-refractivity contribution < 1.29 is 136 Å². The molecule has 6 aromatic rings. The van der Waals surface area contributed by atoms with Crippen LogP contribution in [-0.4, -0.2) is 211 Å². The van der Waals surface area contributed by atoms with Crippen molar-refractivity contribution in [2.45, 2.75) is 217 Å². The molecule has 14 rings (SSSR count). The second-order valence-corrected chi connectivity index (χ2v) is 34.7. The van der Waals surface area contributed by atoms with E-state index >= 15 is 9.59 Å². The van der Waals surface area contributed by atoms with Gasteiger partial charge in [0.25, 0.3) is 11.8 Å². The van der Waals surface area contributed by atoms with Crippen molar-refractivity contribution in [3.63, 3.8) is 0 Å². The smallest absolute Gasteiger partial charge is 0.338 e. The average molecular weight is 1710 g/mol. The number of fused-ring (bicyclic) bond motifs is 10. The molecule has 8 N–H and O–H groups in total. The van der Waals surface area contributed by atoms with Gasteiger partial charge in [-0.15, -0.1) is 0 Å². The molecular formula is C94H102N2O28. The molecule has 0 spiro atoms. The lowest BCUT2D eigenvalue weighted by atomic mass is 9.44. The van der Waals surface area contributed by atoms with Gasteiger partial charge >= 0.3 is 47.8 Å². The Morgan fingerprint density at radius 1 is 0.411 bits per heavy atom. The highest BCUT2D eigenvalue weighted by Gasteiger charge is 2.81. The first kappa shape index (κ1) is 90.3. The molecule has 6 fully saturated rings. The Balaban J connectivity index is 0.000000213. The zero-order valence-corrected chi connectivity index (χ0v) is 70.5. The molecule has 30 heteroatoms. The van der Waals surface area contributed by atoms with Gasteiger partial charge in [-0.1, -0.05) is 161 Å². The second-order valence-electron chi connectivity index (χ2n) is 34.7. The number of nitrogens with one attached hydrogen (secondary N) is 2. The number of ketones is 2. The number of rotatable bonds is 20. The Bertz CT molecular complexity index is 4880. The fraction of sp³-hybridized carbons (Fsp3) is 0.447. The number of hydrogen-bond donors (Lipinski definition) is 8. The summed E-state index contributed by atoms with van der Waals surface area (Å²) in [5.74, 6) is -13.7. The fourth-order valence-corrected chi connectivity index (χ4v) is 20.4. The maximum absolute atomic E-state index is 15.5. The van der Waals surface area contributed by atoms with E-state index in [1.54, 1.807) is 185 Å². The maximum atomic E-state index is 15.5. The van der Waals surface area contributed by atoms with E-state index in [0.717, 1.165) is 27.7 Å². The maximum Gasteiger partial charge on any atom is 0.338 e. The Hall–Kier alpha value is -11.5. The van der Waals surface area contributed by atoms with Gasteiger partial charge in [0.1, 0.15) is 47.8 Å². The highest BCUT2D eigenvalue weighted by Crippen LogP contribution is 2.67. The zero-order chi connectivity index (χ0) is 89.9. The largest absolute Gasteiger partial charge is 0.456 e. The first-order valence-electron chi connectivity index (χ1n) is 40.9. The summed E-state index contributed by atoms with van der Waals surface area (Å²) in [4.78, 5) is 167. The molecule has 656 valence electrons. The molecule has 2 saturated heterocycles. The van der Waals surface area contributed by atoms with Crippen LogP contribution in [0.4, 0.5) is 0 Å². The monoisotopic (exact) mass is 1710 g/mol. The fourth-order valence-electron chi connectivity index (χ4n) is 20.4. The quantitative estimate of drug-likeness (QED) is 0.0209. The van der Waals surface area contributed by atoms with Crippen LogP contribution in [0.5, 0.6) is 0 Å². The number of carbonyl (C=O) groups excluding carboxylic acids is 12. The van der Waals surface area contributed by atoms with E-state index in [1.807, 2.05) is 0 Å². The average Bonchev–Trinajstić information content (AvgIpc) is 0.671. The summed E-state index contributed by atoms with van der Waals surface area (Å²) >= 11 is 0. The van der Waals surface area contributed by atoms with E-state index in [2.05, 4.69) is 10.6 Å². The van der Waals surface area contributed by atoms with Gasteiger partial charge in [0.2, 0.25) is 0 Å². The normalized spacial score (nSPS) is 31.9. The summed E-state index contributed by atoms with van der Waals surface area (Å²) < 4.78 is 60.5. The van der Waals surface area contributed by atoms with Gasteiger partial charge in [0, 0.05) is 75.3 Å². The minimum absolute atomic E-state index is 0.00289. The number of benzene rings is 6. The van der Waals surface area contributed by atoms with Crippen LogP contribution in [-0.2, 0) is 85.7 Å². The Morgan fingerprint density at radius 2 is 0.702 bits per heavy atom. The van der Waals surface area contributed by atoms with Gasteiger partial charge in [-0.25, -0.2) is 19.2 Å². The van der Waals surface area contributed by atoms with E-state index in [9.17, 15) is 78.6 Å². The van der Waals surface area contributed by atoms with Crippen LogP contribution in [0, 0.1) is 33.5 Å². The topological polar surface area (TPSA) is 443 Å². The molecule has 22 atom stereocenters. The number of esters is 8. The molecule has 124 heavy (non-hydrogen) atoms. The van der Waals surface area contributed by atoms with Gasteiger partial charge in [-0.05, 0) is 110 Å². The number of aliphatic hydroxyl groups excluding tert-OH is 4. The van der Waals surface area contributed by atoms with E-state index < -0.39 is 225 Å². The predicted molar refractivity (Wildman–Crippen MR) is 435 cm³/mol. The molecule has 0 unspecified atom stereocenters. The summed E-state index contributed by atoms with van der Waals surface area (Å²) in [7, 11) is 0. The number of aliphatic hydroxyl groups is 6. The molecule has 6 aromatic carbocycles. The molecular weight excluding hydrogens is 1610 g/mol. The third kappa shape index (κ3) is 15.7. The summed E-state index contributed by atoms with van der Waals surface area (Å²) in [6.07, 6.45) is -21.0. The second kappa shape index (κ2) is 34.6. The Labute approximate surface area is 714 Å². The predicted octanol–water partition coefficient (Wildman–Crippen LogP) is 7.47. The summed E-state index contributed by atoms with van der Waals surface area (Å²) in [6, 6.07) is 45.9. The van der Waals surface area contributed by atoms with Crippen molar-refractivity contribution in [3.05, 3.63) is 238 Å². The SMILES string of the molecule is CC(=O)O[C@H]1C(=O)[C@@]2(C)[C@H]([C@H](OC(=O)c3ccccc3)[C@]3(O)C[C@H](OC(=O)[C@H](O)[C@@H](NC(=O)c4ccccc4)c4ccccc4)C(C)=C1C3(C)C)[C@]1(OC(C)=O)CO[C@@H]1C[C@@H]2O.CC(=O)O[C@H]1C(=O)[C@]2(C)[C@H](O)C[C@H]3OC[C@@]3(OC(C)=O)[C@H]2[C@H](OC(=O)c2ccccc2)[C@]2(O)C[C@H](OC(=O)[C@H](O)[C@@H](NC(=O)c3ccccc3)c3ccccc3)C(C)=C1C2(C)C. The van der Waals surface area contributed by atoms with Crippen LogP contribution >= 0.6 is 0 Å². The highest BCUT2D eigenvalue weighted by molar-refractivity contribution is 5.99. The lowest BCUT2D eigenvalue weighted by molar-refractivity contribution is -0.346. The van der Waals surface area contributed by atoms with Crippen molar-refractivity contribution in [1.29, 1.82) is 0 Å². The molecule has 2 heterocycles. The lowest BCUT2D eigenvalue weighted by Crippen LogP contribution is -2.82. The van der Waals surface area contributed by atoms with Gasteiger partial charge in [0.15, 0.2) is 47.2 Å². The zero-order valence-electron chi connectivity index (χ0n) is 70.5. The van der Waals surface area contributed by atoms with Crippen molar-refractivity contribution >= 4 is 71.1 Å². The summed E-state index contributed by atoms with van der Waals surface area (Å²) in [5.41, 5.74) is -14.0. The molecule has 0 aromatic heterocycles. The van der Waals surface area contributed by atoms with Gasteiger partial charge < -0.3 is 88.6 Å². The van der Waals surface area contributed by atoms with Gasteiger partial charge in [-0.2, -0.15) is 0 Å². The van der Waals surface area contributed by atoms with Crippen LogP contribution in [0.2, 0.25) is 0 Å². The Kier molecular flexibility index (Phi) is 25.2. The van der Waals surface area contributed by atoms with Gasteiger partial charge in [0.05, 0.1) is 71.3 Å². The molecule has 4 saturated carbocycles. The molecule has 30 nitrogen and oxygen atoms in total. The highest BCUT2D eigenvalue weighted by atomic mass is 16.7. The van der Waals surface area contributed by atoms with Crippen molar-refractivity contribution in [2.24, 2.45) is 33.5 Å². The van der Waals surface area contributed by atoms with Crippen LogP contribution < -0.4 is 10.6 Å². The minimum Gasteiger partial charge on any atom is -0.456 e. The van der Waals surface area contributed by atoms with Crippen LogP contribution in [0.25, 0.3) is 0 Å². The van der Waals surface area contributed by atoms with Crippen LogP contribution in [0.15, 0.2) is 204 Å². The van der Waals surface area contributed by atoms with E-state index in [0.29, 0.717) is 11.1 Å². The summed E-state index contributed by atoms with van der Waals surface area (Å²) in [6.45, 7) is 15.9. The lowest BCUT2D eigenvalue weighted by Gasteiger charge is -2.67. The van der Waals surface area contributed by atoms with Crippen LogP contribution in [0.3, 0.4) is 0 Å². The first-order valence-corrected chi connectivity index (χ1v) is 40.9. The standard InChI is InChI=1S/2C47H51NO14/c2*1-25-31(60-43(56)36(52)35(28-16-10-7-11-17-28)48-41(54)29-18-12-8-13-19-29)23-47(57)40(61-42(55)30-20-14-9-15-21-30)38-45(6,32(51)22-33-46(38,24-58-33)62-27(3)50)39(53)37(59-26(2)49)34(25)44(47,4)5/h2*7-21,31-33,35-38,40,51-52,57H,22-24H2,1-6H3,(H,48,54)/t31-,32+,33+,35-,36+,37+,38-,40-,45+,46-,47+;31-,32-,33+,35-,36+,37+,38-,40-,45+,46-,47+/m00/s1. The van der Waals surface area contributed by atoms with E-state index in [4.69, 9.17) is 47.4 Å². The Morgan fingerprint density at radius 3 is 0.976 bits per heavy atom. The van der Waals surface area contributed by atoms with Crippen molar-refractivity contribution in [3.8, 4) is 0 Å². The van der Waals surface area contributed by atoms with Crippen molar-refractivity contribution in [1.82, 2.24) is 10.6 Å². The number of amides is 2. The molecule has 0 radical (unpaired) electrons. The third-order valence-electron chi connectivity index (χ3n) is 27.0. The van der Waals surface area contributed by atoms with Crippen LogP contribution in [0.1, 0.15) is 173 Å².